The molecule has 0 unspecified atom stereocenters. The van der Waals surface area contributed by atoms with E-state index >= 15 is 0 Å². The van der Waals surface area contributed by atoms with Gasteiger partial charge < -0.3 is 14.6 Å². The number of imidazole rings is 1. The van der Waals surface area contributed by atoms with Crippen LogP contribution in [0, 0.1) is 5.82 Å². The number of hydrogen-bond donors (Lipinski definition) is 3. The Morgan fingerprint density at radius 1 is 1.09 bits per heavy atom. The highest BCUT2D eigenvalue weighted by Crippen LogP contribution is 2.26. The van der Waals surface area contributed by atoms with Crippen LogP contribution in [0.1, 0.15) is 44.3 Å². The molecule has 1 aromatic heterocycles. The molecule has 0 spiro atoms. The highest BCUT2D eigenvalue weighted by Gasteiger charge is 2.25. The van der Waals surface area contributed by atoms with E-state index in [-0.39, 0.29) is 11.8 Å². The highest BCUT2D eigenvalue weighted by atomic mass is 19.1. The quantitative estimate of drug-likeness (QED) is 0.618. The summed E-state index contributed by atoms with van der Waals surface area (Å²) in [4.78, 5) is 24.6. The Bertz CT molecular complexity index is 1010. The van der Waals surface area contributed by atoms with Crippen molar-refractivity contribution in [1.82, 2.24) is 35.7 Å². The number of hydrogen-bond acceptors (Lipinski definition) is 6. The summed E-state index contributed by atoms with van der Waals surface area (Å²) >= 11 is 0. The molecule has 33 heavy (non-hydrogen) atoms. The molecule has 3 aliphatic rings. The van der Waals surface area contributed by atoms with Gasteiger partial charge in [0.05, 0.1) is 11.0 Å². The Hall–Kier alpha value is -2.85. The number of aromatic amines is 1. The van der Waals surface area contributed by atoms with E-state index in [0.717, 1.165) is 52.0 Å². The molecule has 2 amide bonds. The molecule has 0 saturated carbocycles. The molecule has 5 rings (SSSR count). The van der Waals surface area contributed by atoms with Gasteiger partial charge in [0.1, 0.15) is 12.3 Å². The number of H-pyrrole nitrogens is 1. The zero-order valence-corrected chi connectivity index (χ0v) is 18.9. The lowest BCUT2D eigenvalue weighted by Gasteiger charge is -2.30. The van der Waals surface area contributed by atoms with Crippen LogP contribution in [-0.4, -0.2) is 76.8 Å². The van der Waals surface area contributed by atoms with Crippen LogP contribution >= 0.6 is 0 Å². The summed E-state index contributed by atoms with van der Waals surface area (Å²) in [7, 11) is 0. The van der Waals surface area contributed by atoms with Crippen molar-refractivity contribution in [3.8, 4) is 5.75 Å². The van der Waals surface area contributed by atoms with Crippen molar-refractivity contribution in [1.29, 1.82) is 0 Å². The lowest BCUT2D eigenvalue weighted by molar-refractivity contribution is 0.150. The zero-order chi connectivity index (χ0) is 22.6. The average molecular weight is 458 g/mol. The van der Waals surface area contributed by atoms with Crippen molar-refractivity contribution in [3.63, 3.8) is 0 Å². The average Bonchev–Trinajstić information content (AvgIpc) is 3.46. The van der Waals surface area contributed by atoms with E-state index in [1.54, 1.807) is 11.2 Å². The van der Waals surface area contributed by atoms with Crippen molar-refractivity contribution in [3.05, 3.63) is 29.9 Å². The van der Waals surface area contributed by atoms with E-state index < -0.39 is 5.82 Å². The van der Waals surface area contributed by atoms with Gasteiger partial charge in [-0.25, -0.2) is 30.1 Å². The largest absolute Gasteiger partial charge is 0.489 e. The number of piperidine rings is 2. The fourth-order valence-electron chi connectivity index (χ4n) is 4.69. The lowest BCUT2D eigenvalue weighted by Crippen LogP contribution is -2.52. The third-order valence-electron chi connectivity index (χ3n) is 6.53. The van der Waals surface area contributed by atoms with Crippen LogP contribution in [0.2, 0.25) is 0 Å². The van der Waals surface area contributed by atoms with Gasteiger partial charge in [-0.05, 0) is 51.3 Å². The van der Waals surface area contributed by atoms with E-state index in [9.17, 15) is 9.18 Å². The lowest BCUT2D eigenvalue weighted by atomic mass is 10.1. The van der Waals surface area contributed by atoms with Crippen LogP contribution in [0.4, 0.5) is 9.18 Å². The van der Waals surface area contributed by atoms with Crippen molar-refractivity contribution in [2.24, 2.45) is 0 Å². The van der Waals surface area contributed by atoms with Crippen LogP contribution in [0.25, 0.3) is 16.7 Å². The summed E-state index contributed by atoms with van der Waals surface area (Å²) in [5.74, 6) is 0.357. The number of hydrazine groups is 2. The van der Waals surface area contributed by atoms with E-state index in [1.165, 1.54) is 25.3 Å². The van der Waals surface area contributed by atoms with Gasteiger partial charge in [0.15, 0.2) is 17.4 Å². The molecule has 0 atom stereocenters. The fourth-order valence-corrected chi connectivity index (χ4v) is 4.69. The number of benzene rings is 1. The fraction of sp³-hybridized carbons (Fsp3) is 0.565. The van der Waals surface area contributed by atoms with Gasteiger partial charge in [-0.2, -0.15) is 0 Å². The molecule has 0 radical (unpaired) electrons. The van der Waals surface area contributed by atoms with Gasteiger partial charge in [0, 0.05) is 38.3 Å². The van der Waals surface area contributed by atoms with Crippen molar-refractivity contribution in [2.75, 3.05) is 45.9 Å². The van der Waals surface area contributed by atoms with E-state index in [2.05, 4.69) is 25.7 Å². The minimum absolute atomic E-state index is 0.137. The molecule has 0 bridgehead atoms. The van der Waals surface area contributed by atoms with E-state index in [1.807, 2.05) is 11.0 Å². The minimum atomic E-state index is -0.412. The second-order valence-electron chi connectivity index (χ2n) is 8.89. The van der Waals surface area contributed by atoms with Gasteiger partial charge in [-0.3, -0.25) is 4.90 Å². The first kappa shape index (κ1) is 22.0. The first-order valence-corrected chi connectivity index (χ1v) is 12.0. The number of aromatic nitrogens is 2. The number of halogens is 1. The molecule has 2 fully saturated rings. The number of amides is 2. The molecular weight excluding hydrogens is 425 g/mol. The molecular formula is C23H32FN7O2. The van der Waals surface area contributed by atoms with Crippen LogP contribution in [0.15, 0.2) is 18.2 Å². The maximum absolute atomic E-state index is 14.6. The first-order valence-electron chi connectivity index (χ1n) is 12.0. The molecule has 10 heteroatoms. The predicted molar refractivity (Wildman–Crippen MR) is 124 cm³/mol. The molecule has 0 aliphatic carbocycles. The van der Waals surface area contributed by atoms with E-state index in [0.29, 0.717) is 35.7 Å². The number of rotatable bonds is 6. The molecule has 178 valence electrons. The second-order valence-corrected chi connectivity index (χ2v) is 8.89. The molecule has 3 aliphatic heterocycles. The molecule has 9 nitrogen and oxygen atoms in total. The van der Waals surface area contributed by atoms with Crippen molar-refractivity contribution in [2.45, 2.75) is 38.5 Å². The maximum Gasteiger partial charge on any atom is 0.337 e. The minimum Gasteiger partial charge on any atom is -0.489 e. The molecule has 2 saturated heterocycles. The molecule has 3 N–H and O–H groups in total. The monoisotopic (exact) mass is 457 g/mol. The van der Waals surface area contributed by atoms with Crippen molar-refractivity contribution >= 4 is 22.8 Å². The van der Waals surface area contributed by atoms with Crippen LogP contribution in [-0.2, 0) is 0 Å². The third kappa shape index (κ3) is 5.06. The SMILES string of the molecule is O=C(NN1NCC=C1c1nc2cc(OCCN3CCCCC3)c(F)cc2[nH]1)N1CCCCC1. The summed E-state index contributed by atoms with van der Waals surface area (Å²) in [6.45, 7) is 5.51. The molecule has 4 heterocycles. The Balaban J connectivity index is 1.25. The molecule has 1 aromatic carbocycles. The predicted octanol–water partition coefficient (Wildman–Crippen LogP) is 2.84. The first-order chi connectivity index (χ1) is 16.2. The number of fused-ring (bicyclic) bond motifs is 1. The van der Waals surface area contributed by atoms with Gasteiger partial charge in [0.25, 0.3) is 0 Å². The number of nitrogens with zero attached hydrogens (tertiary/aromatic N) is 4. The summed E-state index contributed by atoms with van der Waals surface area (Å²) in [6, 6.07) is 2.92. The Morgan fingerprint density at radius 2 is 1.85 bits per heavy atom. The zero-order valence-electron chi connectivity index (χ0n) is 18.9. The van der Waals surface area contributed by atoms with Gasteiger partial charge in [-0.15, -0.1) is 0 Å². The van der Waals surface area contributed by atoms with Gasteiger partial charge >= 0.3 is 6.03 Å². The Labute approximate surface area is 192 Å². The molecule has 2 aromatic rings. The highest BCUT2D eigenvalue weighted by molar-refractivity contribution is 5.81. The standard InChI is InChI=1S/C23H32FN7O2/c24-17-15-18-19(16-21(17)33-14-13-29-9-3-1-4-10-29)27-22(26-18)20-7-8-25-31(20)28-23(32)30-11-5-2-6-12-30/h7,15-16,25H,1-6,8-14H2,(H,26,27)(H,28,32). The second kappa shape index (κ2) is 9.96. The van der Waals surface area contributed by atoms with Crippen molar-refractivity contribution < 1.29 is 13.9 Å². The normalized spacial score (nSPS) is 19.7. The smallest absolute Gasteiger partial charge is 0.337 e. The number of carbonyl (C=O) groups excluding carboxylic acids is 1. The number of carbonyl (C=O) groups is 1. The Morgan fingerprint density at radius 3 is 2.64 bits per heavy atom. The third-order valence-corrected chi connectivity index (χ3v) is 6.53. The Kier molecular flexibility index (Phi) is 6.63. The summed E-state index contributed by atoms with van der Waals surface area (Å²) in [6.07, 6.45) is 8.88. The number of urea groups is 1. The summed E-state index contributed by atoms with van der Waals surface area (Å²) < 4.78 is 20.4. The summed E-state index contributed by atoms with van der Waals surface area (Å²) in [5, 5.41) is 1.58. The summed E-state index contributed by atoms with van der Waals surface area (Å²) in [5.41, 5.74) is 7.92. The number of likely N-dealkylation sites (tertiary alicyclic amines) is 2. The van der Waals surface area contributed by atoms with Crippen LogP contribution in [0.3, 0.4) is 0 Å². The van der Waals surface area contributed by atoms with Gasteiger partial charge in [-0.1, -0.05) is 6.42 Å². The topological polar surface area (TPSA) is 88.8 Å². The van der Waals surface area contributed by atoms with Gasteiger partial charge in [0.2, 0.25) is 0 Å². The number of nitrogens with one attached hydrogen (secondary N) is 3. The maximum atomic E-state index is 14.6. The number of ether oxygens (including phenoxy) is 1. The van der Waals surface area contributed by atoms with Crippen LogP contribution in [0.5, 0.6) is 5.75 Å². The van der Waals surface area contributed by atoms with E-state index in [4.69, 9.17) is 4.74 Å². The van der Waals surface area contributed by atoms with Crippen LogP contribution < -0.4 is 15.6 Å².